The Kier molecular flexibility index (Phi) is 8.40. The number of aliphatic carboxylic acids is 1. The van der Waals surface area contributed by atoms with Crippen LogP contribution in [0.15, 0.2) is 66.7 Å². The molecule has 1 atom stereocenters. The molecule has 1 aromatic heterocycles. The molecule has 3 N–H and O–H groups in total. The summed E-state index contributed by atoms with van der Waals surface area (Å²) in [6, 6.07) is 20.0. The van der Waals surface area contributed by atoms with E-state index in [4.69, 9.17) is 4.74 Å². The molecule has 0 aliphatic carbocycles. The summed E-state index contributed by atoms with van der Waals surface area (Å²) in [5.74, 6) is -1.99. The summed E-state index contributed by atoms with van der Waals surface area (Å²) >= 11 is 1.41. The second-order valence-electron chi connectivity index (χ2n) is 8.80. The van der Waals surface area contributed by atoms with Gasteiger partial charge in [0.15, 0.2) is 10.9 Å². The Morgan fingerprint density at radius 1 is 1.00 bits per heavy atom. The van der Waals surface area contributed by atoms with Crippen molar-refractivity contribution in [2.24, 2.45) is 5.92 Å². The largest absolute Gasteiger partial charge is 0.481 e. The summed E-state index contributed by atoms with van der Waals surface area (Å²) in [7, 11) is -1.86. The van der Waals surface area contributed by atoms with E-state index in [1.807, 2.05) is 36.4 Å². The Balaban J connectivity index is 1.41. The van der Waals surface area contributed by atoms with Crippen molar-refractivity contribution in [2.45, 2.75) is 12.8 Å². The van der Waals surface area contributed by atoms with E-state index in [-0.39, 0.29) is 25.2 Å². The molecule has 0 saturated heterocycles. The van der Waals surface area contributed by atoms with E-state index in [1.54, 1.807) is 30.3 Å². The van der Waals surface area contributed by atoms with Gasteiger partial charge < -0.3 is 15.2 Å². The summed E-state index contributed by atoms with van der Waals surface area (Å²) in [4.78, 5) is 28.6. The zero-order chi connectivity index (χ0) is 27.3. The van der Waals surface area contributed by atoms with Crippen molar-refractivity contribution in [3.05, 3.63) is 72.3 Å². The number of hydrogen-bond acceptors (Lipinski definition) is 8. The van der Waals surface area contributed by atoms with Gasteiger partial charge in [-0.1, -0.05) is 47.7 Å². The number of nitrogens with zero attached hydrogens (tertiary/aromatic N) is 1. The summed E-state index contributed by atoms with van der Waals surface area (Å²) in [5.41, 5.74) is 4.44. The Hall–Kier alpha value is -3.80. The number of thiazole rings is 1. The quantitative estimate of drug-likeness (QED) is 0.199. The van der Waals surface area contributed by atoms with E-state index < -0.39 is 21.9 Å². The van der Waals surface area contributed by atoms with Crippen molar-refractivity contribution in [1.82, 2.24) is 4.98 Å². The monoisotopic (exact) mass is 553 g/mol. The van der Waals surface area contributed by atoms with Crippen molar-refractivity contribution < 1.29 is 27.9 Å². The molecule has 3 aromatic carbocycles. The van der Waals surface area contributed by atoms with Crippen LogP contribution < -0.4 is 10.0 Å². The molecule has 9 nitrogen and oxygen atoms in total. The van der Waals surface area contributed by atoms with E-state index in [2.05, 4.69) is 15.0 Å². The molecule has 198 valence electrons. The van der Waals surface area contributed by atoms with E-state index in [0.29, 0.717) is 16.4 Å². The van der Waals surface area contributed by atoms with Crippen molar-refractivity contribution >= 4 is 59.8 Å². The molecule has 0 saturated carbocycles. The van der Waals surface area contributed by atoms with Crippen molar-refractivity contribution in [2.75, 3.05) is 30.0 Å². The number of nitrogens with one attached hydrogen (secondary N) is 2. The van der Waals surface area contributed by atoms with Crippen molar-refractivity contribution in [1.29, 1.82) is 0 Å². The molecule has 4 rings (SSSR count). The first-order valence-electron chi connectivity index (χ1n) is 11.7. The van der Waals surface area contributed by atoms with Crippen LogP contribution in [0.5, 0.6) is 0 Å². The third-order valence-electron chi connectivity index (χ3n) is 5.82. The SMILES string of the molecule is COCCC(CC(=O)c1ccc(-c2ccc(Nc3nc4ccc(NS(C)(=O)=O)cc4s3)cc2)cc1)C(=O)O. The molecule has 0 spiro atoms. The van der Waals surface area contributed by atoms with Crippen LogP contribution in [-0.4, -0.2) is 50.2 Å². The normalized spacial score (nSPS) is 12.3. The number of aromatic nitrogens is 1. The number of rotatable bonds is 12. The van der Waals surface area contributed by atoms with Crippen LogP contribution in [-0.2, 0) is 19.6 Å². The van der Waals surface area contributed by atoms with E-state index >= 15 is 0 Å². The Bertz CT molecular complexity index is 1550. The fraction of sp³-hybridized carbons (Fsp3) is 0.222. The lowest BCUT2D eigenvalue weighted by atomic mass is 9.94. The average Bonchev–Trinajstić information content (AvgIpc) is 3.27. The highest BCUT2D eigenvalue weighted by Crippen LogP contribution is 2.31. The molecular formula is C27H27N3O6S2. The number of carboxylic acid groups (broad SMARTS) is 1. The third-order valence-corrected chi connectivity index (χ3v) is 7.36. The first kappa shape index (κ1) is 27.2. The minimum atomic E-state index is -3.36. The number of carbonyl (C=O) groups is 2. The molecule has 1 heterocycles. The molecule has 4 aromatic rings. The molecule has 0 fully saturated rings. The number of ether oxygens (including phenoxy) is 1. The van der Waals surface area contributed by atoms with Crippen LogP contribution in [0.1, 0.15) is 23.2 Å². The molecule has 0 radical (unpaired) electrons. The fourth-order valence-corrected chi connectivity index (χ4v) is 5.37. The van der Waals surface area contributed by atoms with Gasteiger partial charge in [0.05, 0.1) is 28.1 Å². The summed E-state index contributed by atoms with van der Waals surface area (Å²) < 4.78 is 31.2. The minimum absolute atomic E-state index is 0.0697. The van der Waals surface area contributed by atoms with Gasteiger partial charge >= 0.3 is 5.97 Å². The van der Waals surface area contributed by atoms with Gasteiger partial charge in [0, 0.05) is 31.4 Å². The zero-order valence-corrected chi connectivity index (χ0v) is 22.4. The molecule has 38 heavy (non-hydrogen) atoms. The molecule has 1 unspecified atom stereocenters. The highest BCUT2D eigenvalue weighted by molar-refractivity contribution is 7.92. The topological polar surface area (TPSA) is 135 Å². The lowest BCUT2D eigenvalue weighted by molar-refractivity contribution is -0.142. The first-order valence-corrected chi connectivity index (χ1v) is 14.4. The van der Waals surface area contributed by atoms with E-state index in [9.17, 15) is 23.1 Å². The predicted octanol–water partition coefficient (Wildman–Crippen LogP) is 5.39. The van der Waals surface area contributed by atoms with Gasteiger partial charge in [-0.15, -0.1) is 0 Å². The van der Waals surface area contributed by atoms with Gasteiger partial charge in [-0.2, -0.15) is 0 Å². The van der Waals surface area contributed by atoms with Gasteiger partial charge in [-0.05, 0) is 47.9 Å². The number of benzene rings is 3. The second-order valence-corrected chi connectivity index (χ2v) is 11.6. The van der Waals surface area contributed by atoms with Crippen LogP contribution >= 0.6 is 11.3 Å². The van der Waals surface area contributed by atoms with Gasteiger partial charge in [0.2, 0.25) is 10.0 Å². The zero-order valence-electron chi connectivity index (χ0n) is 20.8. The van der Waals surface area contributed by atoms with Crippen LogP contribution in [0, 0.1) is 5.92 Å². The van der Waals surface area contributed by atoms with Crippen LogP contribution in [0.25, 0.3) is 21.3 Å². The van der Waals surface area contributed by atoms with E-state index in [0.717, 1.165) is 33.3 Å². The number of Topliss-reactive ketones (excluding diaryl/α,β-unsaturated/α-hetero) is 1. The van der Waals surface area contributed by atoms with Gasteiger partial charge in [0.25, 0.3) is 0 Å². The summed E-state index contributed by atoms with van der Waals surface area (Å²) in [5, 5.41) is 13.3. The number of methoxy groups -OCH3 is 1. The summed E-state index contributed by atoms with van der Waals surface area (Å²) in [6.07, 6.45) is 1.32. The first-order chi connectivity index (χ1) is 18.1. The third kappa shape index (κ3) is 7.15. The van der Waals surface area contributed by atoms with Gasteiger partial charge in [-0.3, -0.25) is 14.3 Å². The average molecular weight is 554 g/mol. The number of fused-ring (bicyclic) bond motifs is 1. The lowest BCUT2D eigenvalue weighted by Crippen LogP contribution is -2.19. The minimum Gasteiger partial charge on any atom is -0.481 e. The van der Waals surface area contributed by atoms with Crippen LogP contribution in [0.2, 0.25) is 0 Å². The second kappa shape index (κ2) is 11.7. The molecule has 0 amide bonds. The smallest absolute Gasteiger partial charge is 0.307 e. The Labute approximate surface area is 224 Å². The maximum absolute atomic E-state index is 12.6. The number of anilines is 3. The Morgan fingerprint density at radius 2 is 1.63 bits per heavy atom. The standard InChI is InChI=1S/C27H27N3O6S2/c1-36-14-13-20(26(32)33)15-24(31)19-5-3-17(4-6-19)18-7-9-21(10-8-18)28-27-29-23-12-11-22(16-25(23)37-27)30-38(2,34)35/h3-12,16,20,30H,13-15H2,1-2H3,(H,28,29)(H,32,33). The van der Waals surface area contributed by atoms with Crippen molar-refractivity contribution in [3.8, 4) is 11.1 Å². The molecule has 0 bridgehead atoms. The maximum atomic E-state index is 12.6. The number of ketones is 1. The lowest BCUT2D eigenvalue weighted by Gasteiger charge is -2.11. The highest BCUT2D eigenvalue weighted by Gasteiger charge is 2.21. The summed E-state index contributed by atoms with van der Waals surface area (Å²) in [6.45, 7) is 0.288. The van der Waals surface area contributed by atoms with Gasteiger partial charge in [0.1, 0.15) is 0 Å². The highest BCUT2D eigenvalue weighted by atomic mass is 32.2. The molecular weight excluding hydrogens is 526 g/mol. The molecule has 0 aliphatic heterocycles. The predicted molar refractivity (Wildman–Crippen MR) is 150 cm³/mol. The number of sulfonamides is 1. The maximum Gasteiger partial charge on any atom is 0.307 e. The van der Waals surface area contributed by atoms with Gasteiger partial charge in [-0.25, -0.2) is 13.4 Å². The van der Waals surface area contributed by atoms with Crippen LogP contribution in [0.3, 0.4) is 0 Å². The van der Waals surface area contributed by atoms with Crippen LogP contribution in [0.4, 0.5) is 16.5 Å². The molecule has 11 heteroatoms. The number of carboxylic acids is 1. The fourth-order valence-electron chi connectivity index (χ4n) is 3.89. The Morgan fingerprint density at radius 3 is 2.24 bits per heavy atom. The van der Waals surface area contributed by atoms with E-state index in [1.165, 1.54) is 18.4 Å². The van der Waals surface area contributed by atoms with Crippen molar-refractivity contribution in [3.63, 3.8) is 0 Å². The number of carbonyl (C=O) groups excluding carboxylic acids is 1. The number of hydrogen-bond donors (Lipinski definition) is 3. The molecule has 0 aliphatic rings.